The number of hydrogen-bond donors (Lipinski definition) is 1. The van der Waals surface area contributed by atoms with Gasteiger partial charge in [-0.25, -0.2) is 0 Å². The van der Waals surface area contributed by atoms with E-state index in [-0.39, 0.29) is 0 Å². The molecule has 0 aliphatic heterocycles. The summed E-state index contributed by atoms with van der Waals surface area (Å²) in [5.41, 5.74) is 0. The minimum absolute atomic E-state index is 0.823. The van der Waals surface area contributed by atoms with Gasteiger partial charge in [0.05, 0.1) is 0 Å². The molecule has 0 aromatic carbocycles. The zero-order valence-corrected chi connectivity index (χ0v) is 8.41. The Bertz CT molecular complexity index is 93.7. The summed E-state index contributed by atoms with van der Waals surface area (Å²) < 4.78 is 0. The van der Waals surface area contributed by atoms with E-state index in [4.69, 9.17) is 0 Å². The summed E-state index contributed by atoms with van der Waals surface area (Å²) in [4.78, 5) is 0. The zero-order valence-electron chi connectivity index (χ0n) is 7.60. The monoisotopic (exact) mass is 173 g/mol. The van der Waals surface area contributed by atoms with Gasteiger partial charge in [0.2, 0.25) is 0 Å². The van der Waals surface area contributed by atoms with E-state index in [0.29, 0.717) is 0 Å². The number of hydrogen-bond acceptors (Lipinski definition) is 2. The van der Waals surface area contributed by atoms with Gasteiger partial charge in [0.25, 0.3) is 0 Å². The lowest BCUT2D eigenvalue weighted by Crippen LogP contribution is -2.26. The molecule has 0 amide bonds. The number of thioether (sulfide) groups is 1. The predicted octanol–water partition coefficient (Wildman–Crippen LogP) is 2.27. The topological polar surface area (TPSA) is 12.0 Å². The van der Waals surface area contributed by atoms with E-state index in [2.05, 4.69) is 30.9 Å². The first-order chi connectivity index (χ1) is 5.36. The lowest BCUT2D eigenvalue weighted by molar-refractivity contribution is 0.543. The summed E-state index contributed by atoms with van der Waals surface area (Å²) in [7, 11) is 0. The Morgan fingerprint density at radius 1 is 1.36 bits per heavy atom. The molecule has 1 N–H and O–H groups in total. The molecular formula is C9H19NS. The van der Waals surface area contributed by atoms with E-state index in [1.165, 1.54) is 25.0 Å². The molecule has 1 rings (SSSR count). The molecule has 66 valence electrons. The van der Waals surface area contributed by atoms with Gasteiger partial charge in [0.1, 0.15) is 0 Å². The van der Waals surface area contributed by atoms with Gasteiger partial charge in [0.15, 0.2) is 0 Å². The quantitative estimate of drug-likeness (QED) is 0.700. The Hall–Kier alpha value is 0.310. The summed E-state index contributed by atoms with van der Waals surface area (Å²) in [5, 5.41) is 4.47. The van der Waals surface area contributed by atoms with E-state index < -0.39 is 0 Å². The van der Waals surface area contributed by atoms with Crippen LogP contribution in [0, 0.1) is 0 Å². The highest BCUT2D eigenvalue weighted by Crippen LogP contribution is 2.29. The summed E-state index contributed by atoms with van der Waals surface area (Å²) in [5.74, 6) is 1.28. The van der Waals surface area contributed by atoms with Crippen LogP contribution in [-0.2, 0) is 0 Å². The highest BCUT2D eigenvalue weighted by atomic mass is 32.2. The van der Waals surface area contributed by atoms with E-state index in [1.54, 1.807) is 0 Å². The summed E-state index contributed by atoms with van der Waals surface area (Å²) >= 11 is 2.13. The van der Waals surface area contributed by atoms with E-state index in [9.17, 15) is 0 Å². The van der Waals surface area contributed by atoms with Crippen molar-refractivity contribution in [1.29, 1.82) is 0 Å². The third-order valence-corrected chi connectivity index (χ3v) is 3.51. The zero-order chi connectivity index (χ0) is 8.10. The Balaban J connectivity index is 2.12. The van der Waals surface area contributed by atoms with Crippen molar-refractivity contribution < 1.29 is 0 Å². The molecule has 0 heterocycles. The van der Waals surface area contributed by atoms with Gasteiger partial charge >= 0.3 is 0 Å². The van der Waals surface area contributed by atoms with Crippen LogP contribution in [0.2, 0.25) is 0 Å². The second-order valence-corrected chi connectivity index (χ2v) is 4.72. The third-order valence-electron chi connectivity index (χ3n) is 2.28. The van der Waals surface area contributed by atoms with Gasteiger partial charge < -0.3 is 5.32 Å². The van der Waals surface area contributed by atoms with Crippen LogP contribution in [-0.4, -0.2) is 23.6 Å². The van der Waals surface area contributed by atoms with Gasteiger partial charge in [-0.1, -0.05) is 13.8 Å². The molecule has 1 nitrogen and oxygen atoms in total. The van der Waals surface area contributed by atoms with Crippen LogP contribution in [0.1, 0.15) is 33.1 Å². The Labute approximate surface area is 74.3 Å². The first-order valence-corrected chi connectivity index (χ1v) is 5.76. The molecule has 0 bridgehead atoms. The average molecular weight is 173 g/mol. The molecule has 1 aliphatic carbocycles. The van der Waals surface area contributed by atoms with Gasteiger partial charge in [-0.2, -0.15) is 11.8 Å². The van der Waals surface area contributed by atoms with Gasteiger partial charge in [-0.15, -0.1) is 0 Å². The summed E-state index contributed by atoms with van der Waals surface area (Å²) in [6.07, 6.45) is 4.22. The molecule has 0 aromatic rings. The Morgan fingerprint density at radius 3 is 2.82 bits per heavy atom. The third kappa shape index (κ3) is 3.04. The maximum absolute atomic E-state index is 3.52. The molecule has 0 aromatic heterocycles. The van der Waals surface area contributed by atoms with Crippen LogP contribution in [0.25, 0.3) is 0 Å². The molecule has 1 aliphatic rings. The molecule has 1 saturated carbocycles. The first-order valence-electron chi connectivity index (χ1n) is 4.71. The molecule has 1 fully saturated rings. The lowest BCUT2D eigenvalue weighted by atomic mass is 10.2. The Morgan fingerprint density at radius 2 is 2.18 bits per heavy atom. The molecule has 0 spiro atoms. The van der Waals surface area contributed by atoms with Gasteiger partial charge in [-0.05, 0) is 31.6 Å². The summed E-state index contributed by atoms with van der Waals surface area (Å²) in [6, 6.07) is 0.823. The van der Waals surface area contributed by atoms with E-state index >= 15 is 0 Å². The summed E-state index contributed by atoms with van der Waals surface area (Å²) in [6.45, 7) is 5.58. The second-order valence-electron chi connectivity index (χ2n) is 3.15. The lowest BCUT2D eigenvalue weighted by Gasteiger charge is -2.10. The van der Waals surface area contributed by atoms with Crippen molar-refractivity contribution in [2.75, 3.05) is 12.3 Å². The highest BCUT2D eigenvalue weighted by Gasteiger charge is 2.23. The van der Waals surface area contributed by atoms with Crippen molar-refractivity contribution in [3.05, 3.63) is 0 Å². The minimum Gasteiger partial charge on any atom is -0.314 e. The largest absolute Gasteiger partial charge is 0.314 e. The average Bonchev–Trinajstić information content (AvgIpc) is 2.38. The molecule has 0 saturated heterocycles. The number of nitrogens with one attached hydrogen (secondary N) is 1. The van der Waals surface area contributed by atoms with Crippen molar-refractivity contribution in [2.24, 2.45) is 0 Å². The van der Waals surface area contributed by atoms with Gasteiger partial charge in [0, 0.05) is 11.3 Å². The number of rotatable bonds is 4. The van der Waals surface area contributed by atoms with Crippen LogP contribution in [0.5, 0.6) is 0 Å². The fraction of sp³-hybridized carbons (Fsp3) is 1.00. The maximum Gasteiger partial charge on any atom is 0.00778 e. The predicted molar refractivity (Wildman–Crippen MR) is 53.2 cm³/mol. The molecule has 2 heteroatoms. The molecule has 11 heavy (non-hydrogen) atoms. The van der Waals surface area contributed by atoms with Crippen molar-refractivity contribution in [3.8, 4) is 0 Å². The van der Waals surface area contributed by atoms with Crippen molar-refractivity contribution in [2.45, 2.75) is 44.4 Å². The van der Waals surface area contributed by atoms with Crippen molar-refractivity contribution in [3.63, 3.8) is 0 Å². The highest BCUT2D eigenvalue weighted by molar-refractivity contribution is 7.99. The van der Waals surface area contributed by atoms with Crippen molar-refractivity contribution in [1.82, 2.24) is 5.32 Å². The Kier molecular flexibility index (Phi) is 4.31. The standard InChI is InChI=1S/C9H19NS/c1-3-10-8-5-6-9(7-8)11-4-2/h8-10H,3-7H2,1-2H3. The van der Waals surface area contributed by atoms with Crippen LogP contribution in [0.4, 0.5) is 0 Å². The first kappa shape index (κ1) is 9.40. The van der Waals surface area contributed by atoms with E-state index in [1.807, 2.05) is 0 Å². The van der Waals surface area contributed by atoms with Crippen LogP contribution >= 0.6 is 11.8 Å². The molecule has 2 atom stereocenters. The smallest absolute Gasteiger partial charge is 0.00778 e. The maximum atomic E-state index is 3.52. The van der Waals surface area contributed by atoms with Crippen LogP contribution < -0.4 is 5.32 Å². The van der Waals surface area contributed by atoms with E-state index in [0.717, 1.165) is 17.8 Å². The second kappa shape index (κ2) is 5.04. The van der Waals surface area contributed by atoms with Gasteiger partial charge in [-0.3, -0.25) is 0 Å². The molecule has 2 unspecified atom stereocenters. The van der Waals surface area contributed by atoms with Crippen LogP contribution in [0.15, 0.2) is 0 Å². The minimum atomic E-state index is 0.823. The SMILES string of the molecule is CCNC1CCC(SCC)C1. The molecular weight excluding hydrogens is 154 g/mol. The van der Waals surface area contributed by atoms with Crippen molar-refractivity contribution >= 4 is 11.8 Å². The van der Waals surface area contributed by atoms with Crippen LogP contribution in [0.3, 0.4) is 0 Å². The fourth-order valence-corrected chi connectivity index (χ4v) is 2.94. The normalized spacial score (nSPS) is 31.1. The molecule has 0 radical (unpaired) electrons. The fourth-order valence-electron chi connectivity index (χ4n) is 1.80.